The Morgan fingerprint density at radius 2 is 1.76 bits per heavy atom. The van der Waals surface area contributed by atoms with Crippen molar-refractivity contribution >= 4 is 39.1 Å². The maximum absolute atomic E-state index is 13.7. The van der Waals surface area contributed by atoms with Gasteiger partial charge in [0.2, 0.25) is 5.91 Å². The average Bonchev–Trinajstić information content (AvgIpc) is 3.31. The SMILES string of the molecule is CC.Cc1ccc(C)c(N2C(=O)c3cc4sccc4n3CC2C(=O)NC2CCCCCC2)c1. The zero-order chi connectivity index (χ0) is 23.5. The molecule has 1 fully saturated rings. The van der Waals surface area contributed by atoms with Gasteiger partial charge in [-0.15, -0.1) is 11.3 Å². The molecular formula is C27H35N3O2S. The van der Waals surface area contributed by atoms with Gasteiger partial charge in [0.1, 0.15) is 11.7 Å². The van der Waals surface area contributed by atoms with Gasteiger partial charge in [-0.25, -0.2) is 0 Å². The molecular weight excluding hydrogens is 430 g/mol. The van der Waals surface area contributed by atoms with Crippen molar-refractivity contribution in [2.75, 3.05) is 4.90 Å². The van der Waals surface area contributed by atoms with Crippen LogP contribution in [0.25, 0.3) is 10.2 Å². The molecule has 2 amide bonds. The third-order valence-electron chi connectivity index (χ3n) is 6.76. The van der Waals surface area contributed by atoms with Crippen LogP contribution in [0.3, 0.4) is 0 Å². The van der Waals surface area contributed by atoms with Crippen molar-refractivity contribution in [3.8, 4) is 0 Å². The van der Waals surface area contributed by atoms with Crippen LogP contribution in [0.4, 0.5) is 5.69 Å². The molecule has 6 heteroatoms. The fraction of sp³-hybridized carbons (Fsp3) is 0.481. The topological polar surface area (TPSA) is 54.3 Å². The number of thiophene rings is 1. The summed E-state index contributed by atoms with van der Waals surface area (Å²) in [4.78, 5) is 29.1. The van der Waals surface area contributed by atoms with Gasteiger partial charge in [-0.2, -0.15) is 0 Å². The minimum absolute atomic E-state index is 0.0381. The van der Waals surface area contributed by atoms with Gasteiger partial charge in [0.25, 0.3) is 5.91 Å². The Kier molecular flexibility index (Phi) is 7.23. The van der Waals surface area contributed by atoms with E-state index in [0.717, 1.165) is 52.7 Å². The molecule has 2 aliphatic rings. The Morgan fingerprint density at radius 1 is 1.03 bits per heavy atom. The van der Waals surface area contributed by atoms with E-state index in [0.29, 0.717) is 12.2 Å². The molecule has 1 N–H and O–H groups in total. The lowest BCUT2D eigenvalue weighted by atomic mass is 10.0. The van der Waals surface area contributed by atoms with E-state index < -0.39 is 6.04 Å². The zero-order valence-corrected chi connectivity index (χ0v) is 21.0. The third kappa shape index (κ3) is 4.58. The summed E-state index contributed by atoms with van der Waals surface area (Å²) in [6.07, 6.45) is 6.86. The number of anilines is 1. The van der Waals surface area contributed by atoms with Crippen molar-refractivity contribution in [3.63, 3.8) is 0 Å². The number of aromatic nitrogens is 1. The first-order valence-corrected chi connectivity index (χ1v) is 13.2. The van der Waals surface area contributed by atoms with Crippen molar-refractivity contribution in [2.45, 2.75) is 84.8 Å². The summed E-state index contributed by atoms with van der Waals surface area (Å²) in [5.41, 5.74) is 4.63. The zero-order valence-electron chi connectivity index (χ0n) is 20.2. The van der Waals surface area contributed by atoms with Gasteiger partial charge in [-0.05, 0) is 61.4 Å². The Morgan fingerprint density at radius 3 is 2.48 bits per heavy atom. The van der Waals surface area contributed by atoms with Crippen molar-refractivity contribution in [1.82, 2.24) is 9.88 Å². The van der Waals surface area contributed by atoms with E-state index >= 15 is 0 Å². The van der Waals surface area contributed by atoms with Crippen LogP contribution in [-0.4, -0.2) is 28.5 Å². The van der Waals surface area contributed by atoms with Gasteiger partial charge in [0, 0.05) is 11.7 Å². The van der Waals surface area contributed by atoms with Gasteiger partial charge in [0.05, 0.1) is 16.8 Å². The third-order valence-corrected chi connectivity index (χ3v) is 7.61. The number of hydrogen-bond donors (Lipinski definition) is 1. The normalized spacial score (nSPS) is 19.0. The molecule has 2 aromatic heterocycles. The monoisotopic (exact) mass is 465 g/mol. The Hall–Kier alpha value is -2.60. The predicted octanol–water partition coefficient (Wildman–Crippen LogP) is 6.21. The lowest BCUT2D eigenvalue weighted by Gasteiger charge is -2.37. The van der Waals surface area contributed by atoms with E-state index in [1.807, 2.05) is 68.0 Å². The molecule has 1 unspecified atom stereocenters. The van der Waals surface area contributed by atoms with Gasteiger partial charge < -0.3 is 9.88 Å². The summed E-state index contributed by atoms with van der Waals surface area (Å²) in [6, 6.07) is 9.78. The summed E-state index contributed by atoms with van der Waals surface area (Å²) >= 11 is 1.63. The van der Waals surface area contributed by atoms with Crippen LogP contribution < -0.4 is 10.2 Å². The number of benzene rings is 1. The van der Waals surface area contributed by atoms with E-state index in [1.165, 1.54) is 12.8 Å². The van der Waals surface area contributed by atoms with Crippen LogP contribution in [0.2, 0.25) is 0 Å². The van der Waals surface area contributed by atoms with Crippen molar-refractivity contribution in [3.05, 3.63) is 52.5 Å². The number of aryl methyl sites for hydroxylation is 2. The Bertz CT molecular complexity index is 1140. The minimum atomic E-state index is -0.556. The van der Waals surface area contributed by atoms with E-state index in [-0.39, 0.29) is 17.9 Å². The van der Waals surface area contributed by atoms with Crippen LogP contribution in [0.1, 0.15) is 74.0 Å². The second-order valence-corrected chi connectivity index (χ2v) is 9.94. The highest BCUT2D eigenvalue weighted by Crippen LogP contribution is 2.34. The van der Waals surface area contributed by atoms with Gasteiger partial charge >= 0.3 is 0 Å². The smallest absolute Gasteiger partial charge is 0.275 e. The van der Waals surface area contributed by atoms with Gasteiger partial charge in [-0.1, -0.05) is 51.7 Å². The average molecular weight is 466 g/mol. The van der Waals surface area contributed by atoms with Crippen LogP contribution in [-0.2, 0) is 11.3 Å². The number of amides is 2. The lowest BCUT2D eigenvalue weighted by molar-refractivity contribution is -0.123. The highest BCUT2D eigenvalue weighted by molar-refractivity contribution is 7.17. The van der Waals surface area contributed by atoms with Crippen LogP contribution >= 0.6 is 11.3 Å². The van der Waals surface area contributed by atoms with E-state index in [9.17, 15) is 9.59 Å². The molecule has 5 rings (SSSR count). The molecule has 1 aliphatic heterocycles. The lowest BCUT2D eigenvalue weighted by Crippen LogP contribution is -2.57. The minimum Gasteiger partial charge on any atom is -0.352 e. The molecule has 5 nitrogen and oxygen atoms in total. The molecule has 0 saturated heterocycles. The fourth-order valence-electron chi connectivity index (χ4n) is 5.05. The molecule has 33 heavy (non-hydrogen) atoms. The van der Waals surface area contributed by atoms with Crippen molar-refractivity contribution in [1.29, 1.82) is 0 Å². The summed E-state index contributed by atoms with van der Waals surface area (Å²) in [7, 11) is 0. The number of fused-ring (bicyclic) bond motifs is 3. The quantitative estimate of drug-likeness (QED) is 0.467. The van der Waals surface area contributed by atoms with Crippen LogP contribution in [0, 0.1) is 13.8 Å². The molecule has 1 atom stereocenters. The van der Waals surface area contributed by atoms with Crippen molar-refractivity contribution in [2.24, 2.45) is 0 Å². The van der Waals surface area contributed by atoms with E-state index in [4.69, 9.17) is 0 Å². The Labute approximate surface area is 200 Å². The molecule has 3 heterocycles. The van der Waals surface area contributed by atoms with Crippen LogP contribution in [0.5, 0.6) is 0 Å². The molecule has 0 spiro atoms. The summed E-state index contributed by atoms with van der Waals surface area (Å²) < 4.78 is 3.13. The first-order valence-electron chi connectivity index (χ1n) is 12.3. The molecule has 1 aliphatic carbocycles. The number of hydrogen-bond acceptors (Lipinski definition) is 3. The second kappa shape index (κ2) is 10.1. The summed E-state index contributed by atoms with van der Waals surface area (Å²) in [5.74, 6) is -0.131. The highest BCUT2D eigenvalue weighted by Gasteiger charge is 2.40. The molecule has 1 aromatic carbocycles. The molecule has 0 radical (unpaired) electrons. The maximum Gasteiger partial charge on any atom is 0.275 e. The van der Waals surface area contributed by atoms with Gasteiger partial charge in [0.15, 0.2) is 0 Å². The summed E-state index contributed by atoms with van der Waals surface area (Å²) in [6.45, 7) is 8.51. The highest BCUT2D eigenvalue weighted by atomic mass is 32.1. The van der Waals surface area contributed by atoms with E-state index in [1.54, 1.807) is 16.2 Å². The molecule has 0 bridgehead atoms. The number of nitrogens with zero attached hydrogens (tertiary/aromatic N) is 2. The predicted molar refractivity (Wildman–Crippen MR) is 137 cm³/mol. The molecule has 1 saturated carbocycles. The number of rotatable bonds is 3. The number of nitrogens with one attached hydrogen (secondary N) is 1. The van der Waals surface area contributed by atoms with E-state index in [2.05, 4.69) is 5.32 Å². The molecule has 3 aromatic rings. The first kappa shape index (κ1) is 23.6. The van der Waals surface area contributed by atoms with Crippen LogP contribution in [0.15, 0.2) is 35.7 Å². The maximum atomic E-state index is 13.7. The number of carbonyl (C=O) groups is 2. The fourth-order valence-corrected chi connectivity index (χ4v) is 5.87. The number of carbonyl (C=O) groups excluding carboxylic acids is 2. The Balaban J connectivity index is 0.00000126. The first-order chi connectivity index (χ1) is 16.0. The molecule has 176 valence electrons. The summed E-state index contributed by atoms with van der Waals surface area (Å²) in [5, 5.41) is 5.35. The standard InChI is InChI=1S/C25H29N3O2S.C2H6/c1-16-9-10-17(2)20(13-16)28-22(24(29)26-18-7-5-3-4-6-8-18)15-27-19-11-12-31-23(19)14-21(27)25(28)30;1-2/h9-14,18,22H,3-8,15H2,1-2H3,(H,26,29);1-2H3. The second-order valence-electron chi connectivity index (χ2n) is 8.99. The van der Waals surface area contributed by atoms with Crippen molar-refractivity contribution < 1.29 is 9.59 Å². The van der Waals surface area contributed by atoms with Gasteiger partial charge in [-0.3, -0.25) is 14.5 Å². The largest absolute Gasteiger partial charge is 0.352 e.